The van der Waals surface area contributed by atoms with Gasteiger partial charge in [-0.15, -0.1) is 0 Å². The first-order valence-electron chi connectivity index (χ1n) is 8.62. The molecule has 1 N–H and O–H groups in total. The van der Waals surface area contributed by atoms with Gasteiger partial charge in [0.05, 0.1) is 38.4 Å². The first kappa shape index (κ1) is 21.4. The van der Waals surface area contributed by atoms with Crippen LogP contribution in [0.5, 0.6) is 11.8 Å². The molecule has 2 heterocycles. The summed E-state index contributed by atoms with van der Waals surface area (Å²) in [6.45, 7) is 6.79. The number of aromatic nitrogens is 2. The molecule has 1 fully saturated rings. The Balaban J connectivity index is 2.03. The fourth-order valence-corrected chi connectivity index (χ4v) is 2.47. The fraction of sp³-hybridized carbons (Fsp3) is 0.688. The van der Waals surface area contributed by atoms with Gasteiger partial charge in [-0.25, -0.2) is 4.79 Å². The zero-order valence-corrected chi connectivity index (χ0v) is 16.6. The minimum absolute atomic E-state index is 0.0808. The third-order valence-electron chi connectivity index (χ3n) is 3.67. The van der Waals surface area contributed by atoms with Gasteiger partial charge in [0.1, 0.15) is 5.60 Å². The second kappa shape index (κ2) is 8.87. The molecule has 0 aliphatic carbocycles. The number of rotatable bonds is 6. The Morgan fingerprint density at radius 3 is 2.43 bits per heavy atom. The molecule has 156 valence electrons. The fourth-order valence-electron chi connectivity index (χ4n) is 2.47. The lowest BCUT2D eigenvalue weighted by Crippen LogP contribution is -2.49. The van der Waals surface area contributed by atoms with Crippen LogP contribution >= 0.6 is 0 Å². The molecule has 28 heavy (non-hydrogen) atoms. The highest BCUT2D eigenvalue weighted by Crippen LogP contribution is 2.34. The van der Waals surface area contributed by atoms with Gasteiger partial charge in [-0.3, -0.25) is 10.1 Å². The molecular formula is C16H25N5O7. The molecule has 1 amide bonds. The number of hydrogen-bond donors (Lipinski definition) is 1. The number of carbonyl (C=O) groups excluding carboxylic acids is 1. The predicted molar refractivity (Wildman–Crippen MR) is 97.8 cm³/mol. The van der Waals surface area contributed by atoms with E-state index in [2.05, 4.69) is 15.3 Å². The van der Waals surface area contributed by atoms with Crippen molar-refractivity contribution in [1.29, 1.82) is 0 Å². The van der Waals surface area contributed by atoms with Crippen molar-refractivity contribution in [2.45, 2.75) is 32.5 Å². The normalized spacial score (nSPS) is 17.0. The third kappa shape index (κ3) is 5.55. The number of nitro groups is 1. The van der Waals surface area contributed by atoms with E-state index >= 15 is 0 Å². The maximum Gasteiger partial charge on any atom is 0.410 e. The standard InChI is InChI=1S/C16H25N5O7/c1-16(2,3)28-15(22)20-6-7-27-10(9-20)8-17-14-18-12(25-4)11(21(23)24)13(19-14)26-5/h10H,6-9H2,1-5H3,(H,17,18,19). The van der Waals surface area contributed by atoms with Crippen LogP contribution in [0.1, 0.15) is 20.8 Å². The van der Waals surface area contributed by atoms with Crippen molar-refractivity contribution < 1.29 is 28.7 Å². The van der Waals surface area contributed by atoms with Crippen molar-refractivity contribution in [3.8, 4) is 11.8 Å². The van der Waals surface area contributed by atoms with Crippen LogP contribution in [0.4, 0.5) is 16.4 Å². The molecule has 1 aliphatic heterocycles. The number of nitrogens with zero attached hydrogens (tertiary/aromatic N) is 4. The summed E-state index contributed by atoms with van der Waals surface area (Å²) in [6.07, 6.45) is -0.743. The van der Waals surface area contributed by atoms with Crippen molar-refractivity contribution in [3.63, 3.8) is 0 Å². The van der Waals surface area contributed by atoms with E-state index < -0.39 is 22.3 Å². The minimum Gasteiger partial charge on any atom is -0.476 e. The van der Waals surface area contributed by atoms with Gasteiger partial charge in [-0.05, 0) is 20.8 Å². The predicted octanol–water partition coefficient (Wildman–Crippen LogP) is 1.45. The molecule has 1 unspecified atom stereocenters. The van der Waals surface area contributed by atoms with Gasteiger partial charge >= 0.3 is 23.5 Å². The Morgan fingerprint density at radius 1 is 1.32 bits per heavy atom. The van der Waals surface area contributed by atoms with Gasteiger partial charge in [0, 0.05) is 13.1 Å². The molecule has 0 radical (unpaired) electrons. The molecule has 1 aromatic rings. The first-order valence-corrected chi connectivity index (χ1v) is 8.62. The summed E-state index contributed by atoms with van der Waals surface area (Å²) in [6, 6.07) is 0. The van der Waals surface area contributed by atoms with Gasteiger partial charge in [0.15, 0.2) is 0 Å². The average Bonchev–Trinajstić information content (AvgIpc) is 2.64. The number of nitrogens with one attached hydrogen (secondary N) is 1. The quantitative estimate of drug-likeness (QED) is 0.552. The topological polar surface area (TPSA) is 138 Å². The monoisotopic (exact) mass is 399 g/mol. The van der Waals surface area contributed by atoms with Crippen LogP contribution < -0.4 is 14.8 Å². The number of anilines is 1. The highest BCUT2D eigenvalue weighted by molar-refractivity contribution is 5.68. The smallest absolute Gasteiger partial charge is 0.410 e. The molecule has 2 rings (SSSR count). The Labute approximate surface area is 162 Å². The minimum atomic E-state index is -0.676. The lowest BCUT2D eigenvalue weighted by molar-refractivity contribution is -0.387. The summed E-state index contributed by atoms with van der Waals surface area (Å²) < 4.78 is 20.9. The molecule has 1 aromatic heterocycles. The van der Waals surface area contributed by atoms with Crippen LogP contribution in [0.2, 0.25) is 0 Å². The second-order valence-corrected chi connectivity index (χ2v) is 6.97. The number of carbonyl (C=O) groups is 1. The summed E-state index contributed by atoms with van der Waals surface area (Å²) in [5.41, 5.74) is -1.04. The molecule has 0 bridgehead atoms. The number of hydrogen-bond acceptors (Lipinski definition) is 10. The van der Waals surface area contributed by atoms with E-state index in [0.717, 1.165) is 0 Å². The molecule has 12 nitrogen and oxygen atoms in total. The number of methoxy groups -OCH3 is 2. The van der Waals surface area contributed by atoms with Crippen molar-refractivity contribution in [3.05, 3.63) is 10.1 Å². The van der Waals surface area contributed by atoms with E-state index in [1.165, 1.54) is 14.2 Å². The zero-order chi connectivity index (χ0) is 20.9. The Morgan fingerprint density at radius 2 is 1.93 bits per heavy atom. The Hall–Kier alpha value is -2.89. The summed E-state index contributed by atoms with van der Waals surface area (Å²) >= 11 is 0. The van der Waals surface area contributed by atoms with Gasteiger partial charge < -0.3 is 29.2 Å². The van der Waals surface area contributed by atoms with E-state index in [1.807, 2.05) is 0 Å². The van der Waals surface area contributed by atoms with E-state index in [0.29, 0.717) is 19.7 Å². The highest BCUT2D eigenvalue weighted by Gasteiger charge is 2.30. The van der Waals surface area contributed by atoms with Gasteiger partial charge in [0.2, 0.25) is 5.95 Å². The molecule has 0 aromatic carbocycles. The summed E-state index contributed by atoms with van der Waals surface area (Å²) in [5, 5.41) is 14.1. The maximum atomic E-state index is 12.2. The average molecular weight is 399 g/mol. The van der Waals surface area contributed by atoms with Crippen LogP contribution in [-0.2, 0) is 9.47 Å². The molecule has 1 aliphatic rings. The van der Waals surface area contributed by atoms with E-state index in [1.54, 1.807) is 25.7 Å². The van der Waals surface area contributed by atoms with Crippen LogP contribution in [0.15, 0.2) is 0 Å². The number of morpholine rings is 1. The van der Waals surface area contributed by atoms with Gasteiger partial charge in [-0.2, -0.15) is 9.97 Å². The third-order valence-corrected chi connectivity index (χ3v) is 3.67. The van der Waals surface area contributed by atoms with Crippen molar-refractivity contribution >= 4 is 17.7 Å². The zero-order valence-electron chi connectivity index (χ0n) is 16.6. The summed E-state index contributed by atoms with van der Waals surface area (Å²) in [4.78, 5) is 32.2. The molecule has 1 atom stereocenters. The van der Waals surface area contributed by atoms with E-state index in [-0.39, 0.29) is 30.4 Å². The van der Waals surface area contributed by atoms with Crippen molar-refractivity contribution in [2.24, 2.45) is 0 Å². The molecular weight excluding hydrogens is 374 g/mol. The first-order chi connectivity index (χ1) is 13.1. The van der Waals surface area contributed by atoms with Gasteiger partial charge in [-0.1, -0.05) is 0 Å². The molecule has 0 saturated carbocycles. The van der Waals surface area contributed by atoms with Crippen LogP contribution in [0.3, 0.4) is 0 Å². The van der Waals surface area contributed by atoms with Crippen LogP contribution in [0, 0.1) is 10.1 Å². The second-order valence-electron chi connectivity index (χ2n) is 6.97. The van der Waals surface area contributed by atoms with Crippen molar-refractivity contribution in [1.82, 2.24) is 14.9 Å². The Bertz CT molecular complexity index is 697. The largest absolute Gasteiger partial charge is 0.476 e. The lowest BCUT2D eigenvalue weighted by Gasteiger charge is -2.34. The highest BCUT2D eigenvalue weighted by atomic mass is 16.6. The van der Waals surface area contributed by atoms with Crippen LogP contribution in [0.25, 0.3) is 0 Å². The SMILES string of the molecule is COc1nc(NCC2CN(C(=O)OC(C)(C)C)CCO2)nc(OC)c1[N+](=O)[O-]. The molecule has 0 spiro atoms. The summed E-state index contributed by atoms with van der Waals surface area (Å²) in [7, 11) is 2.53. The van der Waals surface area contributed by atoms with Gasteiger partial charge in [0.25, 0.3) is 0 Å². The number of amides is 1. The molecule has 1 saturated heterocycles. The molecule has 12 heteroatoms. The van der Waals surface area contributed by atoms with E-state index in [9.17, 15) is 14.9 Å². The lowest BCUT2D eigenvalue weighted by atomic mass is 10.2. The summed E-state index contributed by atoms with van der Waals surface area (Å²) in [5.74, 6) is -0.365. The van der Waals surface area contributed by atoms with Crippen molar-refractivity contribution in [2.75, 3.05) is 45.8 Å². The Kier molecular flexibility index (Phi) is 6.78. The van der Waals surface area contributed by atoms with Crippen LogP contribution in [-0.4, -0.2) is 78.1 Å². The maximum absolute atomic E-state index is 12.2. The number of ether oxygens (including phenoxy) is 4. The van der Waals surface area contributed by atoms with E-state index in [4.69, 9.17) is 18.9 Å².